The molecule has 0 saturated carbocycles. The van der Waals surface area contributed by atoms with E-state index in [0.717, 1.165) is 0 Å². The molecule has 0 aliphatic heterocycles. The van der Waals surface area contributed by atoms with Gasteiger partial charge < -0.3 is 5.32 Å². The summed E-state index contributed by atoms with van der Waals surface area (Å²) in [6, 6.07) is 0.580. The normalized spacial score (nSPS) is 12.5. The van der Waals surface area contributed by atoms with Gasteiger partial charge in [-0.25, -0.2) is 0 Å². The van der Waals surface area contributed by atoms with E-state index in [1.54, 1.807) is 0 Å². The largest absolute Gasteiger partial charge is 0.304 e. The topological polar surface area (TPSA) is 12.0 Å². The first-order chi connectivity index (χ1) is 4.81. The van der Waals surface area contributed by atoms with E-state index in [1.807, 2.05) is 0 Å². The summed E-state index contributed by atoms with van der Waals surface area (Å²) in [4.78, 5) is 0. The summed E-state index contributed by atoms with van der Waals surface area (Å²) in [7, 11) is 0. The summed E-state index contributed by atoms with van der Waals surface area (Å²) in [5.74, 6) is 2.56. The van der Waals surface area contributed by atoms with Crippen LogP contribution in [0.3, 0.4) is 0 Å². The molecule has 1 N–H and O–H groups in total. The van der Waals surface area contributed by atoms with E-state index in [2.05, 4.69) is 25.1 Å². The van der Waals surface area contributed by atoms with Crippen LogP contribution in [0.15, 0.2) is 0 Å². The monoisotopic (exact) mass is 139 g/mol. The summed E-state index contributed by atoms with van der Waals surface area (Å²) in [6.45, 7) is 5.08. The summed E-state index contributed by atoms with van der Waals surface area (Å²) in [5, 5.41) is 3.23. The predicted octanol–water partition coefficient (Wildman–Crippen LogP) is 1.79. The van der Waals surface area contributed by atoms with Crippen LogP contribution in [0, 0.1) is 12.3 Å². The molecule has 0 aromatic heterocycles. The van der Waals surface area contributed by atoms with Crippen molar-refractivity contribution in [1.82, 2.24) is 5.32 Å². The van der Waals surface area contributed by atoms with Crippen LogP contribution in [0.4, 0.5) is 0 Å². The molecule has 0 aromatic carbocycles. The Balaban J connectivity index is 3.10. The highest BCUT2D eigenvalue weighted by Gasteiger charge is 1.96. The predicted molar refractivity (Wildman–Crippen MR) is 45.8 cm³/mol. The fourth-order valence-electron chi connectivity index (χ4n) is 0.846. The van der Waals surface area contributed by atoms with Gasteiger partial charge in [0.05, 0.1) is 6.54 Å². The number of terminal acetylenes is 1. The van der Waals surface area contributed by atoms with Crippen molar-refractivity contribution in [1.29, 1.82) is 0 Å². The lowest BCUT2D eigenvalue weighted by atomic mass is 10.1. The maximum atomic E-state index is 5.09. The Hall–Kier alpha value is -0.480. The van der Waals surface area contributed by atoms with Gasteiger partial charge in [0.1, 0.15) is 0 Å². The highest BCUT2D eigenvalue weighted by molar-refractivity contribution is 4.87. The Morgan fingerprint density at radius 1 is 1.60 bits per heavy atom. The first-order valence-electron chi connectivity index (χ1n) is 3.98. The lowest BCUT2D eigenvalue weighted by Crippen LogP contribution is -2.25. The summed E-state index contributed by atoms with van der Waals surface area (Å²) in [5.41, 5.74) is 0. The molecule has 1 nitrogen and oxygen atoms in total. The molecular weight excluding hydrogens is 122 g/mol. The molecule has 0 rings (SSSR count). The molecular formula is C9H17N. The van der Waals surface area contributed by atoms with Crippen molar-refractivity contribution in [2.24, 2.45) is 0 Å². The average molecular weight is 139 g/mol. The van der Waals surface area contributed by atoms with Crippen LogP contribution in [0.2, 0.25) is 0 Å². The van der Waals surface area contributed by atoms with Crippen molar-refractivity contribution < 1.29 is 0 Å². The fourth-order valence-corrected chi connectivity index (χ4v) is 0.846. The fraction of sp³-hybridized carbons (Fsp3) is 0.778. The second-order valence-electron chi connectivity index (χ2n) is 2.63. The molecule has 0 spiro atoms. The number of hydrogen-bond acceptors (Lipinski definition) is 1. The molecule has 1 heteroatoms. The van der Waals surface area contributed by atoms with Gasteiger partial charge in [-0.05, 0) is 13.3 Å². The summed E-state index contributed by atoms with van der Waals surface area (Å²) < 4.78 is 0. The summed E-state index contributed by atoms with van der Waals surface area (Å²) in [6.07, 6.45) is 8.88. The molecule has 0 fully saturated rings. The molecule has 1 unspecified atom stereocenters. The number of hydrogen-bond donors (Lipinski definition) is 1. The minimum atomic E-state index is 0.580. The van der Waals surface area contributed by atoms with Gasteiger partial charge in [0, 0.05) is 6.04 Å². The molecule has 0 aliphatic rings. The lowest BCUT2D eigenvalue weighted by molar-refractivity contribution is 0.522. The molecule has 0 heterocycles. The van der Waals surface area contributed by atoms with Crippen molar-refractivity contribution in [2.75, 3.05) is 6.54 Å². The first kappa shape index (κ1) is 9.52. The zero-order chi connectivity index (χ0) is 7.82. The Labute approximate surface area is 64.2 Å². The smallest absolute Gasteiger partial charge is 0.0575 e. The van der Waals surface area contributed by atoms with Crippen molar-refractivity contribution in [3.63, 3.8) is 0 Å². The molecule has 0 aromatic rings. The second-order valence-corrected chi connectivity index (χ2v) is 2.63. The highest BCUT2D eigenvalue weighted by Crippen LogP contribution is 1.98. The van der Waals surface area contributed by atoms with Crippen LogP contribution in [-0.4, -0.2) is 12.6 Å². The van der Waals surface area contributed by atoms with Crippen LogP contribution < -0.4 is 5.32 Å². The van der Waals surface area contributed by atoms with E-state index >= 15 is 0 Å². The maximum Gasteiger partial charge on any atom is 0.0575 e. The van der Waals surface area contributed by atoms with Gasteiger partial charge in [0.25, 0.3) is 0 Å². The van der Waals surface area contributed by atoms with Gasteiger partial charge in [-0.1, -0.05) is 25.7 Å². The molecule has 0 saturated heterocycles. The molecule has 1 atom stereocenters. The van der Waals surface area contributed by atoms with E-state index in [-0.39, 0.29) is 0 Å². The van der Waals surface area contributed by atoms with Gasteiger partial charge in [0.2, 0.25) is 0 Å². The van der Waals surface area contributed by atoms with E-state index in [0.29, 0.717) is 12.6 Å². The van der Waals surface area contributed by atoms with E-state index < -0.39 is 0 Å². The van der Waals surface area contributed by atoms with Crippen LogP contribution in [-0.2, 0) is 0 Å². The Kier molecular flexibility index (Phi) is 6.32. The Bertz CT molecular complexity index is 102. The van der Waals surface area contributed by atoms with E-state index in [1.165, 1.54) is 19.3 Å². The third-order valence-electron chi connectivity index (χ3n) is 1.54. The van der Waals surface area contributed by atoms with Gasteiger partial charge in [0.15, 0.2) is 0 Å². The average Bonchev–Trinajstić information content (AvgIpc) is 1.97. The van der Waals surface area contributed by atoms with Gasteiger partial charge >= 0.3 is 0 Å². The Morgan fingerprint density at radius 2 is 2.30 bits per heavy atom. The number of unbranched alkanes of at least 4 members (excludes halogenated alkanes) is 1. The van der Waals surface area contributed by atoms with Crippen LogP contribution in [0.25, 0.3) is 0 Å². The second kappa shape index (κ2) is 6.64. The standard InChI is InChI=1S/C9H17N/c1-4-6-7-9(3)10-8-5-2/h2,9-10H,4,6-8H2,1,3H3. The lowest BCUT2D eigenvalue weighted by Gasteiger charge is -2.09. The van der Waals surface area contributed by atoms with Crippen LogP contribution in [0.1, 0.15) is 33.1 Å². The maximum absolute atomic E-state index is 5.09. The first-order valence-corrected chi connectivity index (χ1v) is 3.98. The third-order valence-corrected chi connectivity index (χ3v) is 1.54. The molecule has 0 radical (unpaired) electrons. The van der Waals surface area contributed by atoms with Crippen molar-refractivity contribution >= 4 is 0 Å². The molecule has 0 amide bonds. The van der Waals surface area contributed by atoms with Gasteiger partial charge in [-0.2, -0.15) is 0 Å². The molecule has 0 aliphatic carbocycles. The molecule has 58 valence electrons. The zero-order valence-electron chi connectivity index (χ0n) is 6.98. The van der Waals surface area contributed by atoms with Crippen molar-refractivity contribution in [3.05, 3.63) is 0 Å². The van der Waals surface area contributed by atoms with E-state index in [9.17, 15) is 0 Å². The van der Waals surface area contributed by atoms with E-state index in [4.69, 9.17) is 6.42 Å². The summed E-state index contributed by atoms with van der Waals surface area (Å²) >= 11 is 0. The third kappa shape index (κ3) is 5.65. The quantitative estimate of drug-likeness (QED) is 0.573. The van der Waals surface area contributed by atoms with Crippen molar-refractivity contribution in [3.8, 4) is 12.3 Å². The van der Waals surface area contributed by atoms with Crippen LogP contribution in [0.5, 0.6) is 0 Å². The minimum absolute atomic E-state index is 0.580. The molecule has 0 bridgehead atoms. The van der Waals surface area contributed by atoms with Gasteiger partial charge in [-0.15, -0.1) is 6.42 Å². The number of rotatable bonds is 5. The van der Waals surface area contributed by atoms with Crippen molar-refractivity contribution in [2.45, 2.75) is 39.2 Å². The SMILES string of the molecule is C#CCNC(C)CCCC. The highest BCUT2D eigenvalue weighted by atomic mass is 14.9. The van der Waals surface area contributed by atoms with Gasteiger partial charge in [-0.3, -0.25) is 0 Å². The minimum Gasteiger partial charge on any atom is -0.304 e. The zero-order valence-corrected chi connectivity index (χ0v) is 6.98. The Morgan fingerprint density at radius 3 is 2.80 bits per heavy atom. The number of nitrogens with one attached hydrogen (secondary N) is 1. The molecule has 10 heavy (non-hydrogen) atoms. The van der Waals surface area contributed by atoms with Crippen LogP contribution >= 0.6 is 0 Å².